The number of benzene rings is 1. The molecule has 1 aromatic carbocycles. The van der Waals surface area contributed by atoms with Crippen LogP contribution in [0, 0.1) is 11.3 Å². The van der Waals surface area contributed by atoms with E-state index in [4.69, 9.17) is 11.6 Å². The number of nitriles is 1. The highest BCUT2D eigenvalue weighted by atomic mass is 35.5. The smallest absolute Gasteiger partial charge is 0.253 e. The number of anilines is 1. The summed E-state index contributed by atoms with van der Waals surface area (Å²) in [6.45, 7) is 6.44. The van der Waals surface area contributed by atoms with Crippen LogP contribution in [0.4, 0.5) is 5.82 Å². The normalized spacial score (nSPS) is 14.1. The lowest BCUT2D eigenvalue weighted by Gasteiger charge is -2.35. The van der Waals surface area contributed by atoms with E-state index in [9.17, 15) is 10.1 Å². The second kappa shape index (κ2) is 8.36. The quantitative estimate of drug-likeness (QED) is 0.811. The van der Waals surface area contributed by atoms with Crippen LogP contribution in [0.15, 0.2) is 24.3 Å². The summed E-state index contributed by atoms with van der Waals surface area (Å²) in [5, 5.41) is 18.9. The third-order valence-corrected chi connectivity index (χ3v) is 5.15. The summed E-state index contributed by atoms with van der Waals surface area (Å²) in [5.74, 6) is 0.624. The predicted octanol–water partition coefficient (Wildman–Crippen LogP) is 3.09. The molecule has 2 heterocycles. The topological polar surface area (TPSA) is 73.1 Å². The van der Waals surface area contributed by atoms with Crippen molar-refractivity contribution in [3.8, 4) is 6.07 Å². The van der Waals surface area contributed by atoms with Crippen LogP contribution in [-0.2, 0) is 12.8 Å². The molecule has 0 aliphatic carbocycles. The third-order valence-electron chi connectivity index (χ3n) is 4.90. The Hall–Kier alpha value is -2.65. The molecule has 0 atom stereocenters. The van der Waals surface area contributed by atoms with Gasteiger partial charge in [-0.2, -0.15) is 10.4 Å². The first-order valence-corrected chi connectivity index (χ1v) is 9.55. The van der Waals surface area contributed by atoms with Gasteiger partial charge in [-0.05, 0) is 42.7 Å². The molecule has 7 heteroatoms. The molecule has 1 fully saturated rings. The average Bonchev–Trinajstić information content (AvgIpc) is 2.72. The fraction of sp³-hybridized carbons (Fsp3) is 0.400. The van der Waals surface area contributed by atoms with Crippen LogP contribution in [0.1, 0.15) is 41.0 Å². The number of aryl methyl sites for hydroxylation is 1. The maximum atomic E-state index is 12.6. The largest absolute Gasteiger partial charge is 0.350 e. The SMILES string of the molecule is CCc1nnc(N2CCN(C(=O)c3ccc(Cl)cc3)CC2)c(C#N)c1CC. The van der Waals surface area contributed by atoms with E-state index >= 15 is 0 Å². The van der Waals surface area contributed by atoms with Gasteiger partial charge in [-0.25, -0.2) is 0 Å². The molecule has 0 N–H and O–H groups in total. The minimum absolute atomic E-state index is 0.00603. The number of carbonyl (C=O) groups excluding carboxylic acids is 1. The Morgan fingerprint density at radius 2 is 1.78 bits per heavy atom. The summed E-state index contributed by atoms with van der Waals surface area (Å²) >= 11 is 5.89. The first-order valence-electron chi connectivity index (χ1n) is 9.17. The predicted molar refractivity (Wildman–Crippen MR) is 105 cm³/mol. The minimum atomic E-state index is -0.00603. The summed E-state index contributed by atoms with van der Waals surface area (Å²) in [5.41, 5.74) is 3.10. The van der Waals surface area contributed by atoms with Crippen LogP contribution in [0.25, 0.3) is 0 Å². The monoisotopic (exact) mass is 383 g/mol. The Kier molecular flexibility index (Phi) is 5.92. The van der Waals surface area contributed by atoms with Crippen molar-refractivity contribution in [3.63, 3.8) is 0 Å². The van der Waals surface area contributed by atoms with Crippen LogP contribution < -0.4 is 4.90 Å². The molecule has 0 saturated carbocycles. The van der Waals surface area contributed by atoms with E-state index in [1.807, 2.05) is 18.7 Å². The Labute approximate surface area is 164 Å². The van der Waals surface area contributed by atoms with Crippen molar-refractivity contribution in [2.45, 2.75) is 26.7 Å². The zero-order valence-corrected chi connectivity index (χ0v) is 16.3. The maximum Gasteiger partial charge on any atom is 0.253 e. The molecule has 0 bridgehead atoms. The number of hydrogen-bond acceptors (Lipinski definition) is 5. The summed E-state index contributed by atoms with van der Waals surface area (Å²) in [6.07, 6.45) is 1.51. The maximum absolute atomic E-state index is 12.6. The van der Waals surface area contributed by atoms with Crippen LogP contribution in [-0.4, -0.2) is 47.2 Å². The lowest BCUT2D eigenvalue weighted by Crippen LogP contribution is -2.49. The van der Waals surface area contributed by atoms with Crippen LogP contribution in [0.5, 0.6) is 0 Å². The van der Waals surface area contributed by atoms with Crippen molar-refractivity contribution in [3.05, 3.63) is 51.7 Å². The van der Waals surface area contributed by atoms with E-state index in [0.29, 0.717) is 48.1 Å². The van der Waals surface area contributed by atoms with E-state index in [1.165, 1.54) is 0 Å². The number of amides is 1. The van der Waals surface area contributed by atoms with E-state index < -0.39 is 0 Å². The van der Waals surface area contributed by atoms with Crippen molar-refractivity contribution in [2.75, 3.05) is 31.1 Å². The third kappa shape index (κ3) is 3.88. The zero-order chi connectivity index (χ0) is 19.4. The minimum Gasteiger partial charge on any atom is -0.350 e. The molecular formula is C20H22ClN5O. The first-order chi connectivity index (χ1) is 13.1. The van der Waals surface area contributed by atoms with Gasteiger partial charge in [0.25, 0.3) is 5.91 Å². The van der Waals surface area contributed by atoms with Gasteiger partial charge in [-0.3, -0.25) is 4.79 Å². The molecule has 1 saturated heterocycles. The van der Waals surface area contributed by atoms with Crippen molar-refractivity contribution in [1.29, 1.82) is 5.26 Å². The second-order valence-electron chi connectivity index (χ2n) is 6.43. The zero-order valence-electron chi connectivity index (χ0n) is 15.6. The summed E-state index contributed by atoms with van der Waals surface area (Å²) in [6, 6.07) is 9.25. The number of piperazine rings is 1. The van der Waals surface area contributed by atoms with Gasteiger partial charge in [0.2, 0.25) is 0 Å². The van der Waals surface area contributed by atoms with Crippen molar-refractivity contribution in [1.82, 2.24) is 15.1 Å². The summed E-state index contributed by atoms with van der Waals surface area (Å²) in [4.78, 5) is 16.5. The Morgan fingerprint density at radius 1 is 1.11 bits per heavy atom. The van der Waals surface area contributed by atoms with E-state index in [0.717, 1.165) is 24.1 Å². The average molecular weight is 384 g/mol. The van der Waals surface area contributed by atoms with Crippen LogP contribution in [0.3, 0.4) is 0 Å². The lowest BCUT2D eigenvalue weighted by molar-refractivity contribution is 0.0746. The molecule has 140 valence electrons. The van der Waals surface area contributed by atoms with Crippen LogP contribution >= 0.6 is 11.6 Å². The van der Waals surface area contributed by atoms with Crippen molar-refractivity contribution >= 4 is 23.3 Å². The summed E-state index contributed by atoms with van der Waals surface area (Å²) < 4.78 is 0. The summed E-state index contributed by atoms with van der Waals surface area (Å²) in [7, 11) is 0. The van der Waals surface area contributed by atoms with Gasteiger partial charge >= 0.3 is 0 Å². The molecule has 1 amide bonds. The molecule has 1 aliphatic rings. The van der Waals surface area contributed by atoms with Gasteiger partial charge in [-0.15, -0.1) is 5.10 Å². The fourth-order valence-corrected chi connectivity index (χ4v) is 3.52. The second-order valence-corrected chi connectivity index (χ2v) is 6.87. The Morgan fingerprint density at radius 3 is 2.33 bits per heavy atom. The molecule has 1 aliphatic heterocycles. The molecular weight excluding hydrogens is 362 g/mol. The molecule has 27 heavy (non-hydrogen) atoms. The van der Waals surface area contributed by atoms with Gasteiger partial charge in [0.05, 0.1) is 5.69 Å². The molecule has 2 aromatic rings. The van der Waals surface area contributed by atoms with E-state index in [-0.39, 0.29) is 5.91 Å². The first kappa shape index (κ1) is 19.1. The number of hydrogen-bond donors (Lipinski definition) is 0. The highest BCUT2D eigenvalue weighted by molar-refractivity contribution is 6.30. The van der Waals surface area contributed by atoms with Gasteiger partial charge in [0.1, 0.15) is 11.6 Å². The molecule has 0 radical (unpaired) electrons. The standard InChI is InChI=1S/C20H22ClN5O/c1-3-16-17(13-22)19(24-23-18(16)4-2)25-9-11-26(12-10-25)20(27)14-5-7-15(21)8-6-14/h5-8H,3-4,9-12H2,1-2H3. The van der Waals surface area contributed by atoms with Gasteiger partial charge in [-0.1, -0.05) is 25.4 Å². The molecule has 1 aromatic heterocycles. The van der Waals surface area contributed by atoms with Crippen molar-refractivity contribution in [2.24, 2.45) is 0 Å². The number of rotatable bonds is 4. The molecule has 3 rings (SSSR count). The number of carbonyl (C=O) groups is 1. The van der Waals surface area contributed by atoms with Crippen molar-refractivity contribution < 1.29 is 4.79 Å². The Balaban J connectivity index is 1.75. The number of nitrogens with zero attached hydrogens (tertiary/aromatic N) is 5. The molecule has 6 nitrogen and oxygen atoms in total. The van der Waals surface area contributed by atoms with Crippen LogP contribution in [0.2, 0.25) is 5.02 Å². The fourth-order valence-electron chi connectivity index (χ4n) is 3.40. The lowest BCUT2D eigenvalue weighted by atomic mass is 10.0. The highest BCUT2D eigenvalue weighted by Crippen LogP contribution is 2.24. The Bertz CT molecular complexity index is 867. The van der Waals surface area contributed by atoms with E-state index in [2.05, 4.69) is 21.2 Å². The van der Waals surface area contributed by atoms with E-state index in [1.54, 1.807) is 24.3 Å². The number of halogens is 1. The molecule has 0 unspecified atom stereocenters. The molecule has 0 spiro atoms. The van der Waals surface area contributed by atoms with Gasteiger partial charge in [0, 0.05) is 36.8 Å². The van der Waals surface area contributed by atoms with Gasteiger partial charge in [0.15, 0.2) is 5.82 Å². The number of aromatic nitrogens is 2. The highest BCUT2D eigenvalue weighted by Gasteiger charge is 2.26. The van der Waals surface area contributed by atoms with Gasteiger partial charge < -0.3 is 9.80 Å².